The maximum Gasteiger partial charge on any atom is 0.124 e. The summed E-state index contributed by atoms with van der Waals surface area (Å²) in [5.74, 6) is 2.03. The molecule has 1 aliphatic heterocycles. The fraction of sp³-hybridized carbons (Fsp3) is 0.0500. The third kappa shape index (κ3) is 2.01. The van der Waals surface area contributed by atoms with Gasteiger partial charge in [-0.15, -0.1) is 11.8 Å². The second kappa shape index (κ2) is 5.00. The quantitative estimate of drug-likeness (QED) is 0.474. The van der Waals surface area contributed by atoms with Crippen molar-refractivity contribution in [2.45, 2.75) is 10.6 Å². The van der Waals surface area contributed by atoms with Gasteiger partial charge in [-0.25, -0.2) is 4.98 Å². The molecule has 0 spiro atoms. The van der Waals surface area contributed by atoms with Crippen LogP contribution in [0.2, 0.25) is 0 Å². The summed E-state index contributed by atoms with van der Waals surface area (Å²) in [5, 5.41) is 2.63. The molecule has 2 heterocycles. The molecule has 3 aromatic carbocycles. The van der Waals surface area contributed by atoms with Gasteiger partial charge >= 0.3 is 0 Å². The zero-order chi connectivity index (χ0) is 15.2. The van der Waals surface area contributed by atoms with Crippen molar-refractivity contribution in [3.8, 4) is 16.9 Å². The molecule has 0 unspecified atom stereocenters. The van der Waals surface area contributed by atoms with Crippen LogP contribution in [0.3, 0.4) is 0 Å². The van der Waals surface area contributed by atoms with E-state index in [-0.39, 0.29) is 0 Å². The average Bonchev–Trinajstić information content (AvgIpc) is 3.07. The molecule has 4 aromatic rings. The first kappa shape index (κ1) is 13.0. The monoisotopic (exact) mass is 314 g/mol. The third-order valence-electron chi connectivity index (χ3n) is 4.31. The number of thioether (sulfide) groups is 1. The molecule has 23 heavy (non-hydrogen) atoms. The summed E-state index contributed by atoms with van der Waals surface area (Å²) in [7, 11) is 0. The summed E-state index contributed by atoms with van der Waals surface area (Å²) in [6.45, 7) is 0. The predicted octanol–water partition coefficient (Wildman–Crippen LogP) is 5.30. The number of nitrogens with zero attached hydrogens (tertiary/aromatic N) is 2. The van der Waals surface area contributed by atoms with Gasteiger partial charge in [-0.1, -0.05) is 60.7 Å². The Kier molecular flexibility index (Phi) is 2.82. The van der Waals surface area contributed by atoms with Crippen LogP contribution in [0, 0.1) is 0 Å². The number of aromatic nitrogens is 2. The molecule has 1 aromatic heterocycles. The first-order chi connectivity index (χ1) is 11.4. The van der Waals surface area contributed by atoms with Gasteiger partial charge in [0.05, 0.1) is 17.1 Å². The fourth-order valence-electron chi connectivity index (χ4n) is 3.19. The van der Waals surface area contributed by atoms with Crippen LogP contribution in [0.1, 0.15) is 5.82 Å². The SMILES string of the molecule is c1ccc(-c2cn3c(n2)CSc2c-3ccc3ccccc23)cc1. The molecule has 110 valence electrons. The Hall–Kier alpha value is -2.52. The Bertz CT molecular complexity index is 1020. The van der Waals surface area contributed by atoms with E-state index >= 15 is 0 Å². The van der Waals surface area contributed by atoms with Gasteiger partial charge in [-0.2, -0.15) is 0 Å². The Balaban J connectivity index is 1.72. The molecule has 0 fully saturated rings. The summed E-state index contributed by atoms with van der Waals surface area (Å²) < 4.78 is 2.25. The maximum atomic E-state index is 4.84. The molecule has 0 bridgehead atoms. The van der Waals surface area contributed by atoms with E-state index in [9.17, 15) is 0 Å². The molecule has 0 aliphatic carbocycles. The Morgan fingerprint density at radius 3 is 2.61 bits per heavy atom. The van der Waals surface area contributed by atoms with Gasteiger partial charge in [0.1, 0.15) is 5.82 Å². The van der Waals surface area contributed by atoms with Crippen LogP contribution >= 0.6 is 11.8 Å². The van der Waals surface area contributed by atoms with E-state index in [1.54, 1.807) is 0 Å². The van der Waals surface area contributed by atoms with Gasteiger partial charge in [-0.05, 0) is 16.8 Å². The number of rotatable bonds is 1. The van der Waals surface area contributed by atoms with Crippen molar-refractivity contribution in [2.24, 2.45) is 0 Å². The minimum absolute atomic E-state index is 0.911. The van der Waals surface area contributed by atoms with Gasteiger partial charge in [0, 0.05) is 16.7 Å². The fourth-order valence-corrected chi connectivity index (χ4v) is 4.32. The number of hydrogen-bond donors (Lipinski definition) is 0. The predicted molar refractivity (Wildman–Crippen MR) is 96.1 cm³/mol. The summed E-state index contributed by atoms with van der Waals surface area (Å²) in [4.78, 5) is 6.20. The van der Waals surface area contributed by atoms with Gasteiger partial charge in [0.2, 0.25) is 0 Å². The van der Waals surface area contributed by atoms with Crippen LogP contribution in [0.5, 0.6) is 0 Å². The molecule has 0 radical (unpaired) electrons. The van der Waals surface area contributed by atoms with Gasteiger partial charge in [-0.3, -0.25) is 0 Å². The van der Waals surface area contributed by atoms with Gasteiger partial charge in [0.25, 0.3) is 0 Å². The highest BCUT2D eigenvalue weighted by molar-refractivity contribution is 7.99. The van der Waals surface area contributed by atoms with E-state index < -0.39 is 0 Å². The van der Waals surface area contributed by atoms with E-state index in [0.29, 0.717) is 0 Å². The summed E-state index contributed by atoms with van der Waals surface area (Å²) >= 11 is 1.89. The second-order valence-electron chi connectivity index (χ2n) is 5.70. The molecule has 2 nitrogen and oxygen atoms in total. The van der Waals surface area contributed by atoms with Crippen molar-refractivity contribution < 1.29 is 0 Å². The largest absolute Gasteiger partial charge is 0.301 e. The lowest BCUT2D eigenvalue weighted by Gasteiger charge is -2.19. The molecule has 0 atom stereocenters. The van der Waals surface area contributed by atoms with Crippen LogP contribution in [-0.4, -0.2) is 9.55 Å². The zero-order valence-electron chi connectivity index (χ0n) is 12.4. The van der Waals surface area contributed by atoms with Crippen molar-refractivity contribution in [3.05, 3.63) is 78.8 Å². The standard InChI is InChI=1S/C20H14N2S/c1-2-7-15(8-3-1)17-12-22-18-11-10-14-6-4-5-9-16(14)20(18)23-13-19(22)21-17/h1-12H,13H2. The van der Waals surface area contributed by atoms with Crippen LogP contribution < -0.4 is 0 Å². The van der Waals surface area contributed by atoms with E-state index in [4.69, 9.17) is 4.98 Å². The van der Waals surface area contributed by atoms with Crippen molar-refractivity contribution in [1.82, 2.24) is 9.55 Å². The first-order valence-corrected chi connectivity index (χ1v) is 8.67. The van der Waals surface area contributed by atoms with E-state index in [2.05, 4.69) is 71.4 Å². The highest BCUT2D eigenvalue weighted by Crippen LogP contribution is 2.40. The third-order valence-corrected chi connectivity index (χ3v) is 5.43. The number of hydrogen-bond acceptors (Lipinski definition) is 2. The molecule has 3 heteroatoms. The van der Waals surface area contributed by atoms with Gasteiger partial charge < -0.3 is 4.57 Å². The van der Waals surface area contributed by atoms with Crippen LogP contribution in [-0.2, 0) is 5.75 Å². The number of fused-ring (bicyclic) bond motifs is 5. The van der Waals surface area contributed by atoms with Crippen LogP contribution in [0.4, 0.5) is 0 Å². The normalized spacial score (nSPS) is 12.9. The van der Waals surface area contributed by atoms with E-state index in [0.717, 1.165) is 17.3 Å². The number of benzene rings is 3. The topological polar surface area (TPSA) is 17.8 Å². The van der Waals surface area contributed by atoms with Crippen molar-refractivity contribution in [3.63, 3.8) is 0 Å². The molecule has 0 N–H and O–H groups in total. The van der Waals surface area contributed by atoms with Crippen molar-refractivity contribution >= 4 is 22.5 Å². The molecular weight excluding hydrogens is 300 g/mol. The minimum atomic E-state index is 0.911. The van der Waals surface area contributed by atoms with E-state index in [1.165, 1.54) is 26.9 Å². The van der Waals surface area contributed by atoms with Crippen LogP contribution in [0.25, 0.3) is 27.7 Å². The zero-order valence-corrected chi connectivity index (χ0v) is 13.3. The summed E-state index contributed by atoms with van der Waals surface area (Å²) in [6, 6.07) is 23.4. The molecular formula is C20H14N2S. The Morgan fingerprint density at radius 2 is 1.70 bits per heavy atom. The smallest absolute Gasteiger partial charge is 0.124 e. The van der Waals surface area contributed by atoms with Crippen LogP contribution in [0.15, 0.2) is 77.8 Å². The van der Waals surface area contributed by atoms with E-state index in [1.807, 2.05) is 17.8 Å². The Labute approximate surface area is 138 Å². The van der Waals surface area contributed by atoms with Crippen molar-refractivity contribution in [1.29, 1.82) is 0 Å². The summed E-state index contributed by atoms with van der Waals surface area (Å²) in [5.41, 5.74) is 3.45. The molecule has 0 amide bonds. The lowest BCUT2D eigenvalue weighted by molar-refractivity contribution is 0.928. The lowest BCUT2D eigenvalue weighted by atomic mass is 10.1. The second-order valence-corrected chi connectivity index (χ2v) is 6.69. The first-order valence-electron chi connectivity index (χ1n) is 7.69. The summed E-state index contributed by atoms with van der Waals surface area (Å²) in [6.07, 6.45) is 2.16. The Morgan fingerprint density at radius 1 is 0.870 bits per heavy atom. The maximum absolute atomic E-state index is 4.84. The number of imidazole rings is 1. The molecule has 1 aliphatic rings. The molecule has 0 saturated carbocycles. The molecule has 5 rings (SSSR count). The highest BCUT2D eigenvalue weighted by Gasteiger charge is 2.20. The van der Waals surface area contributed by atoms with Crippen molar-refractivity contribution in [2.75, 3.05) is 0 Å². The average molecular weight is 314 g/mol. The molecule has 0 saturated heterocycles. The highest BCUT2D eigenvalue weighted by atomic mass is 32.2. The lowest BCUT2D eigenvalue weighted by Crippen LogP contribution is -2.05. The minimum Gasteiger partial charge on any atom is -0.301 e. The van der Waals surface area contributed by atoms with Gasteiger partial charge in [0.15, 0.2) is 0 Å².